The average Bonchev–Trinajstić information content (AvgIpc) is 3.43. The summed E-state index contributed by atoms with van der Waals surface area (Å²) in [4.78, 5) is 58.5. The Morgan fingerprint density at radius 3 is 1.79 bits per heavy atom. The number of hydrogen-bond acceptors (Lipinski definition) is 5. The molecule has 7 heteroatoms. The van der Waals surface area contributed by atoms with Gasteiger partial charge in [0.1, 0.15) is 5.75 Å². The molecule has 0 unspecified atom stereocenters. The summed E-state index contributed by atoms with van der Waals surface area (Å²) in [6.45, 7) is 7.55. The predicted molar refractivity (Wildman–Crippen MR) is 164 cm³/mol. The fourth-order valence-corrected chi connectivity index (χ4v) is 7.71. The SMILES string of the molecule is C=Cc1ccc(N2C(=O)[C@H]3[C@H](CC=C4[C@H]3C[C@H]3C(=O)N(c5ccc(C=C)cc5)C(=O)[C@H]3[C@H]4c3cccc(O)c3)C2=O)cc1. The third kappa shape index (κ3) is 4.02. The Bertz CT molecular complexity index is 1740. The monoisotopic (exact) mass is 570 g/mol. The molecule has 2 saturated heterocycles. The highest BCUT2D eigenvalue weighted by Gasteiger charge is 2.62. The summed E-state index contributed by atoms with van der Waals surface area (Å²) in [6.07, 6.45) is 6.06. The van der Waals surface area contributed by atoms with Gasteiger partial charge in [-0.05, 0) is 71.8 Å². The molecular formula is C36H30N2O5. The van der Waals surface area contributed by atoms with Crippen molar-refractivity contribution in [1.82, 2.24) is 0 Å². The molecule has 3 fully saturated rings. The predicted octanol–water partition coefficient (Wildman–Crippen LogP) is 5.72. The highest BCUT2D eigenvalue weighted by Crippen LogP contribution is 2.58. The first kappa shape index (κ1) is 26.8. The summed E-state index contributed by atoms with van der Waals surface area (Å²) in [7, 11) is 0. The summed E-state index contributed by atoms with van der Waals surface area (Å²) in [5.41, 5.74) is 4.35. The summed E-state index contributed by atoms with van der Waals surface area (Å²) in [6, 6.07) is 21.0. The van der Waals surface area contributed by atoms with Gasteiger partial charge >= 0.3 is 0 Å². The fraction of sp³-hybridized carbons (Fsp3) is 0.222. The Balaban J connectivity index is 1.31. The Hall–Kier alpha value is -5.04. The van der Waals surface area contributed by atoms with Crippen molar-refractivity contribution in [3.8, 4) is 5.75 Å². The molecule has 2 heterocycles. The number of phenols is 1. The van der Waals surface area contributed by atoms with Crippen LogP contribution in [0.15, 0.2) is 97.6 Å². The lowest BCUT2D eigenvalue weighted by Crippen LogP contribution is -2.43. The first-order chi connectivity index (χ1) is 20.8. The van der Waals surface area contributed by atoms with E-state index in [-0.39, 0.29) is 29.4 Å². The molecular weight excluding hydrogens is 540 g/mol. The molecule has 6 atom stereocenters. The number of fused-ring (bicyclic) bond motifs is 4. The van der Waals surface area contributed by atoms with Gasteiger partial charge in [-0.1, -0.05) is 73.4 Å². The largest absolute Gasteiger partial charge is 0.508 e. The van der Waals surface area contributed by atoms with Gasteiger partial charge in [-0.2, -0.15) is 0 Å². The van der Waals surface area contributed by atoms with Crippen LogP contribution in [0.5, 0.6) is 5.75 Å². The summed E-state index contributed by atoms with van der Waals surface area (Å²) < 4.78 is 0. The summed E-state index contributed by atoms with van der Waals surface area (Å²) in [5, 5.41) is 10.4. The van der Waals surface area contributed by atoms with E-state index in [9.17, 15) is 24.3 Å². The van der Waals surface area contributed by atoms with Gasteiger partial charge < -0.3 is 5.11 Å². The molecule has 4 aliphatic rings. The van der Waals surface area contributed by atoms with Crippen molar-refractivity contribution in [2.75, 3.05) is 9.80 Å². The van der Waals surface area contributed by atoms with Gasteiger partial charge in [-0.3, -0.25) is 29.0 Å². The van der Waals surface area contributed by atoms with Crippen LogP contribution in [0.2, 0.25) is 0 Å². The number of imide groups is 2. The number of carbonyl (C=O) groups is 4. The van der Waals surface area contributed by atoms with E-state index in [0.717, 1.165) is 16.7 Å². The van der Waals surface area contributed by atoms with Gasteiger partial charge in [-0.25, -0.2) is 0 Å². The normalized spacial score (nSPS) is 27.9. The molecule has 2 aliphatic carbocycles. The van der Waals surface area contributed by atoms with E-state index in [0.29, 0.717) is 29.8 Å². The zero-order valence-corrected chi connectivity index (χ0v) is 23.4. The van der Waals surface area contributed by atoms with Crippen molar-refractivity contribution in [3.63, 3.8) is 0 Å². The number of hydrogen-bond donors (Lipinski definition) is 1. The molecule has 214 valence electrons. The van der Waals surface area contributed by atoms with Crippen LogP contribution in [0.25, 0.3) is 12.2 Å². The second-order valence-corrected chi connectivity index (χ2v) is 11.7. The van der Waals surface area contributed by atoms with Crippen LogP contribution in [-0.4, -0.2) is 28.7 Å². The molecule has 0 spiro atoms. The quantitative estimate of drug-likeness (QED) is 0.313. The number of benzene rings is 3. The van der Waals surface area contributed by atoms with Crippen molar-refractivity contribution < 1.29 is 24.3 Å². The molecule has 3 aromatic carbocycles. The zero-order valence-electron chi connectivity index (χ0n) is 23.4. The maximum Gasteiger partial charge on any atom is 0.238 e. The van der Waals surface area contributed by atoms with Gasteiger partial charge in [0.05, 0.1) is 35.0 Å². The maximum atomic E-state index is 14.1. The third-order valence-electron chi connectivity index (χ3n) is 9.65. The van der Waals surface area contributed by atoms with Crippen LogP contribution in [0.3, 0.4) is 0 Å². The molecule has 0 bridgehead atoms. The topological polar surface area (TPSA) is 95.0 Å². The molecule has 2 aliphatic heterocycles. The van der Waals surface area contributed by atoms with Crippen molar-refractivity contribution in [1.29, 1.82) is 0 Å². The van der Waals surface area contributed by atoms with E-state index in [1.54, 1.807) is 54.6 Å². The highest BCUT2D eigenvalue weighted by atomic mass is 16.3. The lowest BCUT2D eigenvalue weighted by atomic mass is 9.57. The van der Waals surface area contributed by atoms with Crippen molar-refractivity contribution >= 4 is 47.2 Å². The van der Waals surface area contributed by atoms with Crippen LogP contribution in [0, 0.1) is 29.6 Å². The molecule has 7 rings (SSSR count). The van der Waals surface area contributed by atoms with Crippen molar-refractivity contribution in [2.24, 2.45) is 29.6 Å². The maximum absolute atomic E-state index is 14.1. The van der Waals surface area contributed by atoms with E-state index in [1.807, 2.05) is 36.4 Å². The van der Waals surface area contributed by atoms with Crippen molar-refractivity contribution in [3.05, 3.63) is 114 Å². The number of phenolic OH excluding ortho intramolecular Hbond substituents is 1. The average molecular weight is 571 g/mol. The van der Waals surface area contributed by atoms with Gasteiger partial charge in [0.25, 0.3) is 0 Å². The third-order valence-corrected chi connectivity index (χ3v) is 9.65. The zero-order chi connectivity index (χ0) is 30.0. The Labute approximate surface area is 249 Å². The van der Waals surface area contributed by atoms with Gasteiger partial charge in [0.15, 0.2) is 0 Å². The minimum Gasteiger partial charge on any atom is -0.508 e. The van der Waals surface area contributed by atoms with Gasteiger partial charge in [0.2, 0.25) is 23.6 Å². The standard InChI is InChI=1S/C36H30N2O5/c1-3-20-8-12-23(13-9-20)37-33(40)27-17-16-26-28(31(27)35(37)42)19-29-32(30(26)22-6-5-7-25(39)18-22)36(43)38(34(29)41)24-14-10-21(4-2)11-15-24/h3-16,18,27-32,39H,1-2,17,19H2/t27-,28+,29+,30-,31-,32+/m0/s1. The molecule has 1 saturated carbocycles. The molecule has 4 amide bonds. The van der Waals surface area contributed by atoms with Gasteiger partial charge in [-0.15, -0.1) is 0 Å². The van der Waals surface area contributed by atoms with Crippen LogP contribution >= 0.6 is 0 Å². The van der Waals surface area contributed by atoms with Crippen LogP contribution in [-0.2, 0) is 19.2 Å². The van der Waals surface area contributed by atoms with Crippen LogP contribution in [0.1, 0.15) is 35.4 Å². The summed E-state index contributed by atoms with van der Waals surface area (Å²) >= 11 is 0. The lowest BCUT2D eigenvalue weighted by molar-refractivity contribution is -0.126. The minimum absolute atomic E-state index is 0.0559. The number of allylic oxidation sites excluding steroid dienone is 2. The minimum atomic E-state index is -0.692. The second kappa shape index (κ2) is 10.1. The summed E-state index contributed by atoms with van der Waals surface area (Å²) in [5.74, 6) is -4.55. The molecule has 3 aromatic rings. The first-order valence-corrected chi connectivity index (χ1v) is 14.5. The molecule has 1 N–H and O–H groups in total. The van der Waals surface area contributed by atoms with Crippen LogP contribution < -0.4 is 9.80 Å². The highest BCUT2D eigenvalue weighted by molar-refractivity contribution is 6.24. The second-order valence-electron chi connectivity index (χ2n) is 11.7. The fourth-order valence-electron chi connectivity index (χ4n) is 7.71. The Kier molecular flexibility index (Phi) is 6.27. The number of nitrogens with zero attached hydrogens (tertiary/aromatic N) is 2. The number of aromatic hydroxyl groups is 1. The van der Waals surface area contributed by atoms with E-state index < -0.39 is 35.5 Å². The van der Waals surface area contributed by atoms with E-state index in [2.05, 4.69) is 13.2 Å². The smallest absolute Gasteiger partial charge is 0.238 e. The number of amides is 4. The van der Waals surface area contributed by atoms with E-state index in [4.69, 9.17) is 0 Å². The lowest BCUT2D eigenvalue weighted by Gasteiger charge is -2.44. The number of carbonyl (C=O) groups excluding carboxylic acids is 4. The first-order valence-electron chi connectivity index (χ1n) is 14.5. The molecule has 7 nitrogen and oxygen atoms in total. The van der Waals surface area contributed by atoms with E-state index in [1.165, 1.54) is 9.80 Å². The van der Waals surface area contributed by atoms with Crippen molar-refractivity contribution in [2.45, 2.75) is 18.8 Å². The molecule has 0 radical (unpaired) electrons. The van der Waals surface area contributed by atoms with Gasteiger partial charge in [0, 0.05) is 5.92 Å². The number of rotatable bonds is 5. The Morgan fingerprint density at radius 2 is 1.23 bits per heavy atom. The van der Waals surface area contributed by atoms with Crippen LogP contribution in [0.4, 0.5) is 11.4 Å². The molecule has 0 aromatic heterocycles. The molecule has 43 heavy (non-hydrogen) atoms. The van der Waals surface area contributed by atoms with E-state index >= 15 is 0 Å². The number of anilines is 2. The Morgan fingerprint density at radius 1 is 0.674 bits per heavy atom.